The minimum Gasteiger partial charge on any atom is -0.465 e. The summed E-state index contributed by atoms with van der Waals surface area (Å²) in [5.74, 6) is -0.236. The molecule has 2 aliphatic heterocycles. The Kier molecular flexibility index (Phi) is 4.54. The molecule has 1 aromatic rings. The number of rotatable bonds is 3. The number of fused-ring (bicyclic) bond motifs is 1. The number of piperidine rings is 2. The summed E-state index contributed by atoms with van der Waals surface area (Å²) in [6, 6.07) is 1.92. The average Bonchev–Trinajstić information content (AvgIpc) is 3.04. The third kappa shape index (κ3) is 2.80. The Morgan fingerprint density at radius 3 is 3.05 bits per heavy atom. The molecule has 1 N–H and O–H groups in total. The lowest BCUT2D eigenvalue weighted by Gasteiger charge is -2.41. The van der Waals surface area contributed by atoms with Gasteiger partial charge in [-0.05, 0) is 43.2 Å². The van der Waals surface area contributed by atoms with E-state index in [-0.39, 0.29) is 9.77 Å². The highest BCUT2D eigenvalue weighted by Crippen LogP contribution is 2.31. The predicted octanol–water partition coefficient (Wildman–Crippen LogP) is 1.30. The van der Waals surface area contributed by atoms with Gasteiger partial charge >= 0.3 is 5.97 Å². The van der Waals surface area contributed by atoms with E-state index in [1.807, 2.05) is 0 Å². The zero-order valence-electron chi connectivity index (χ0n) is 12.4. The number of esters is 1. The zero-order chi connectivity index (χ0) is 15.7. The smallest absolute Gasteiger partial charge is 0.349 e. The quantitative estimate of drug-likeness (QED) is 0.837. The molecule has 0 unspecified atom stereocenters. The predicted molar refractivity (Wildman–Crippen MR) is 83.5 cm³/mol. The molecule has 0 bridgehead atoms. The molecule has 0 amide bonds. The molecule has 22 heavy (non-hydrogen) atoms. The van der Waals surface area contributed by atoms with Crippen LogP contribution in [0.25, 0.3) is 0 Å². The minimum atomic E-state index is -3.64. The minimum absolute atomic E-state index is 0.0755. The highest BCUT2D eigenvalue weighted by molar-refractivity contribution is 7.89. The van der Waals surface area contributed by atoms with E-state index in [0.29, 0.717) is 25.0 Å². The van der Waals surface area contributed by atoms with E-state index >= 15 is 0 Å². The van der Waals surface area contributed by atoms with Gasteiger partial charge in [-0.25, -0.2) is 13.2 Å². The molecule has 3 rings (SSSR count). The van der Waals surface area contributed by atoms with Gasteiger partial charge in [-0.3, -0.25) is 0 Å². The fourth-order valence-corrected chi connectivity index (χ4v) is 6.13. The van der Waals surface area contributed by atoms with Gasteiger partial charge in [0.25, 0.3) is 0 Å². The van der Waals surface area contributed by atoms with Crippen molar-refractivity contribution in [2.24, 2.45) is 5.92 Å². The molecule has 1 aromatic heterocycles. The molecule has 0 spiro atoms. The Morgan fingerprint density at radius 2 is 2.27 bits per heavy atom. The van der Waals surface area contributed by atoms with Crippen LogP contribution in [0.2, 0.25) is 0 Å². The van der Waals surface area contributed by atoms with Crippen molar-refractivity contribution in [2.45, 2.75) is 30.2 Å². The van der Waals surface area contributed by atoms with Gasteiger partial charge in [0.15, 0.2) is 0 Å². The van der Waals surface area contributed by atoms with E-state index < -0.39 is 16.0 Å². The van der Waals surface area contributed by atoms with Crippen molar-refractivity contribution in [3.05, 3.63) is 16.3 Å². The standard InChI is InChI=1S/C14H20N2O4S2/c1-20-14(17)13-12(5-8-21-13)22(18,19)16-7-4-11-10(9-16)3-2-6-15-11/h5,8,10-11,15H,2-4,6-7,9H2,1H3/t10-,11+/m1/s1. The fraction of sp³-hybridized carbons (Fsp3) is 0.643. The Hall–Kier alpha value is -0.960. The summed E-state index contributed by atoms with van der Waals surface area (Å²) in [5.41, 5.74) is 0. The van der Waals surface area contributed by atoms with Crippen LogP contribution >= 0.6 is 11.3 Å². The monoisotopic (exact) mass is 344 g/mol. The molecule has 0 aromatic carbocycles. The van der Waals surface area contributed by atoms with E-state index in [4.69, 9.17) is 0 Å². The lowest BCUT2D eigenvalue weighted by molar-refractivity contribution is 0.0602. The summed E-state index contributed by atoms with van der Waals surface area (Å²) in [4.78, 5) is 12.0. The second kappa shape index (κ2) is 6.27. The van der Waals surface area contributed by atoms with Crippen LogP contribution in [0.1, 0.15) is 28.9 Å². The SMILES string of the molecule is COC(=O)c1sccc1S(=O)(=O)N1CC[C@@H]2NCCC[C@@H]2C1. The molecular formula is C14H20N2O4S2. The van der Waals surface area contributed by atoms with Crippen molar-refractivity contribution in [1.29, 1.82) is 0 Å². The van der Waals surface area contributed by atoms with E-state index in [1.165, 1.54) is 17.5 Å². The molecule has 0 saturated carbocycles. The molecule has 2 saturated heterocycles. The van der Waals surface area contributed by atoms with Crippen LogP contribution in [-0.4, -0.2) is 51.5 Å². The molecule has 2 aliphatic rings. The summed E-state index contributed by atoms with van der Waals surface area (Å²) >= 11 is 1.10. The van der Waals surface area contributed by atoms with E-state index in [1.54, 1.807) is 5.38 Å². The fourth-order valence-electron chi connectivity index (χ4n) is 3.31. The Balaban J connectivity index is 1.84. The van der Waals surface area contributed by atoms with Crippen molar-refractivity contribution >= 4 is 27.3 Å². The molecule has 0 radical (unpaired) electrons. The normalized spacial score (nSPS) is 26.4. The van der Waals surface area contributed by atoms with Gasteiger partial charge < -0.3 is 10.1 Å². The van der Waals surface area contributed by atoms with Gasteiger partial charge in [0.1, 0.15) is 9.77 Å². The first-order chi connectivity index (χ1) is 10.5. The van der Waals surface area contributed by atoms with Crippen LogP contribution in [-0.2, 0) is 14.8 Å². The number of hydrogen-bond acceptors (Lipinski definition) is 6. The molecule has 6 nitrogen and oxygen atoms in total. The van der Waals surface area contributed by atoms with Crippen LogP contribution in [0.4, 0.5) is 0 Å². The van der Waals surface area contributed by atoms with E-state index in [0.717, 1.165) is 37.1 Å². The first kappa shape index (κ1) is 15.9. The molecule has 2 fully saturated rings. The Morgan fingerprint density at radius 1 is 1.45 bits per heavy atom. The number of sulfonamides is 1. The van der Waals surface area contributed by atoms with Crippen molar-refractivity contribution in [2.75, 3.05) is 26.7 Å². The number of methoxy groups -OCH3 is 1. The van der Waals surface area contributed by atoms with Gasteiger partial charge in [-0.2, -0.15) is 4.31 Å². The topological polar surface area (TPSA) is 75.7 Å². The van der Waals surface area contributed by atoms with Gasteiger partial charge in [0, 0.05) is 19.1 Å². The number of carbonyl (C=O) groups is 1. The highest BCUT2D eigenvalue weighted by atomic mass is 32.2. The van der Waals surface area contributed by atoms with Crippen molar-refractivity contribution in [3.8, 4) is 0 Å². The molecular weight excluding hydrogens is 324 g/mol. The number of ether oxygens (including phenoxy) is 1. The largest absolute Gasteiger partial charge is 0.465 e. The summed E-state index contributed by atoms with van der Waals surface area (Å²) in [5, 5.41) is 5.09. The average molecular weight is 344 g/mol. The van der Waals surface area contributed by atoms with Gasteiger partial charge in [0.05, 0.1) is 7.11 Å². The van der Waals surface area contributed by atoms with Gasteiger partial charge in [-0.15, -0.1) is 11.3 Å². The zero-order valence-corrected chi connectivity index (χ0v) is 14.1. The van der Waals surface area contributed by atoms with E-state index in [2.05, 4.69) is 10.1 Å². The van der Waals surface area contributed by atoms with Gasteiger partial charge in [0.2, 0.25) is 10.0 Å². The molecule has 0 aliphatic carbocycles. The molecule has 122 valence electrons. The second-order valence-electron chi connectivity index (χ2n) is 5.72. The van der Waals surface area contributed by atoms with Crippen LogP contribution < -0.4 is 5.32 Å². The first-order valence-corrected chi connectivity index (χ1v) is 9.75. The number of nitrogens with zero attached hydrogens (tertiary/aromatic N) is 1. The third-order valence-corrected chi connectivity index (χ3v) is 7.40. The maximum absolute atomic E-state index is 12.9. The Labute approximate surface area is 134 Å². The maximum atomic E-state index is 12.9. The van der Waals surface area contributed by atoms with Crippen molar-refractivity contribution in [1.82, 2.24) is 9.62 Å². The molecule has 2 atom stereocenters. The summed E-state index contributed by atoms with van der Waals surface area (Å²) < 4.78 is 31.9. The van der Waals surface area contributed by atoms with Crippen LogP contribution in [0.3, 0.4) is 0 Å². The van der Waals surface area contributed by atoms with Crippen LogP contribution in [0, 0.1) is 5.92 Å². The van der Waals surface area contributed by atoms with Crippen LogP contribution in [0.15, 0.2) is 16.3 Å². The summed E-state index contributed by atoms with van der Waals surface area (Å²) in [6.45, 7) is 2.04. The van der Waals surface area contributed by atoms with Crippen molar-refractivity contribution in [3.63, 3.8) is 0 Å². The number of hydrogen-bond donors (Lipinski definition) is 1. The molecule has 3 heterocycles. The lowest BCUT2D eigenvalue weighted by atomic mass is 9.86. The summed E-state index contributed by atoms with van der Waals surface area (Å²) in [7, 11) is -2.38. The van der Waals surface area contributed by atoms with Crippen molar-refractivity contribution < 1.29 is 17.9 Å². The lowest BCUT2D eigenvalue weighted by Crippen LogP contribution is -2.53. The molecule has 8 heteroatoms. The third-order valence-electron chi connectivity index (χ3n) is 4.47. The first-order valence-electron chi connectivity index (χ1n) is 7.43. The maximum Gasteiger partial charge on any atom is 0.349 e. The Bertz CT molecular complexity index is 656. The van der Waals surface area contributed by atoms with Gasteiger partial charge in [-0.1, -0.05) is 0 Å². The summed E-state index contributed by atoms with van der Waals surface area (Å²) in [6.07, 6.45) is 2.96. The van der Waals surface area contributed by atoms with E-state index in [9.17, 15) is 13.2 Å². The second-order valence-corrected chi connectivity index (χ2v) is 8.54. The number of carbonyl (C=O) groups excluding carboxylic acids is 1. The number of nitrogens with one attached hydrogen (secondary N) is 1. The van der Waals surface area contributed by atoms with Crippen LogP contribution in [0.5, 0.6) is 0 Å². The highest BCUT2D eigenvalue weighted by Gasteiger charge is 2.38. The number of thiophene rings is 1.